The molecular weight excluding hydrogens is 522 g/mol. The quantitative estimate of drug-likeness (QED) is 0.388. The molecule has 4 heterocycles. The third kappa shape index (κ3) is 3.94. The number of aliphatic hydroxyl groups excluding tert-OH is 1. The van der Waals surface area contributed by atoms with Gasteiger partial charge in [0.05, 0.1) is 19.8 Å². The number of thiophene rings is 1. The van der Waals surface area contributed by atoms with E-state index >= 15 is 0 Å². The number of amides is 1. The van der Waals surface area contributed by atoms with Crippen molar-refractivity contribution in [3.63, 3.8) is 0 Å². The number of nitrogens with zero attached hydrogens (tertiary/aromatic N) is 2. The van der Waals surface area contributed by atoms with Crippen molar-refractivity contribution in [2.24, 2.45) is 0 Å². The second-order valence-corrected chi connectivity index (χ2v) is 13.1. The Morgan fingerprint density at radius 3 is 2.55 bits per heavy atom. The summed E-state index contributed by atoms with van der Waals surface area (Å²) in [7, 11) is -1.95. The number of hydrogen-bond acceptors (Lipinski definition) is 6. The molecule has 38 heavy (non-hydrogen) atoms. The Hall–Kier alpha value is -3.18. The molecule has 0 radical (unpaired) electrons. The summed E-state index contributed by atoms with van der Waals surface area (Å²) in [6.07, 6.45) is 1.11. The van der Waals surface area contributed by atoms with Crippen LogP contribution in [0.15, 0.2) is 70.3 Å². The largest absolute Gasteiger partial charge is 0.497 e. The summed E-state index contributed by atoms with van der Waals surface area (Å²) in [5, 5.41) is 13.3. The van der Waals surface area contributed by atoms with Gasteiger partial charge in [-0.2, -0.15) is 4.31 Å². The molecule has 2 N–H and O–H groups in total. The van der Waals surface area contributed by atoms with Crippen LogP contribution in [0.4, 0.5) is 0 Å². The highest BCUT2D eigenvalue weighted by molar-refractivity contribution is 7.91. The van der Waals surface area contributed by atoms with Crippen LogP contribution >= 0.6 is 11.3 Å². The van der Waals surface area contributed by atoms with E-state index in [4.69, 9.17) is 4.74 Å². The van der Waals surface area contributed by atoms with Gasteiger partial charge in [-0.25, -0.2) is 8.42 Å². The molecule has 2 aromatic carbocycles. The van der Waals surface area contributed by atoms with Crippen molar-refractivity contribution in [3.05, 3.63) is 82.9 Å². The number of hydrogen-bond donors (Lipinski definition) is 2. The lowest BCUT2D eigenvalue weighted by atomic mass is 9.68. The molecule has 1 amide bonds. The lowest BCUT2D eigenvalue weighted by Gasteiger charge is -2.50. The van der Waals surface area contributed by atoms with Crippen molar-refractivity contribution in [1.82, 2.24) is 14.2 Å². The van der Waals surface area contributed by atoms with Crippen molar-refractivity contribution < 1.29 is 23.1 Å². The summed E-state index contributed by atoms with van der Waals surface area (Å²) >= 11 is 1.22. The smallest absolute Gasteiger partial charge is 0.254 e. The molecule has 1 saturated heterocycles. The molecule has 1 fully saturated rings. The van der Waals surface area contributed by atoms with E-state index in [0.29, 0.717) is 48.0 Å². The molecule has 1 atom stereocenters. The zero-order valence-electron chi connectivity index (χ0n) is 21.0. The number of carbonyl (C=O) groups excluding carboxylic acids is 1. The number of H-pyrrole nitrogens is 1. The number of rotatable bonds is 5. The SMILES string of the molecule is COc1ccc2c3c([nH]c2c1)[C@H](CO)N(C(=O)c1ccccc1)CC31CCN(S(=O)(=O)c2cccs2)CC1. The summed E-state index contributed by atoms with van der Waals surface area (Å²) in [6, 6.07) is 17.8. The number of aromatic amines is 1. The fourth-order valence-electron chi connectivity index (χ4n) is 6.07. The van der Waals surface area contributed by atoms with E-state index < -0.39 is 21.5 Å². The van der Waals surface area contributed by atoms with Gasteiger partial charge in [0.2, 0.25) is 0 Å². The summed E-state index contributed by atoms with van der Waals surface area (Å²) < 4.78 is 33.9. The molecule has 0 unspecified atom stereocenters. The van der Waals surface area contributed by atoms with E-state index in [2.05, 4.69) is 4.98 Å². The minimum atomic E-state index is -3.57. The van der Waals surface area contributed by atoms with Gasteiger partial charge >= 0.3 is 0 Å². The summed E-state index contributed by atoms with van der Waals surface area (Å²) in [5.74, 6) is 0.555. The van der Waals surface area contributed by atoms with Gasteiger partial charge in [-0.05, 0) is 54.1 Å². The second kappa shape index (κ2) is 9.53. The van der Waals surface area contributed by atoms with E-state index in [0.717, 1.165) is 22.2 Å². The standard InChI is InChI=1S/C28H29N3O5S2/c1-36-20-9-10-21-22(16-20)29-26-23(17-32)31(27(33)19-6-3-2-4-7-19)18-28(25(21)26)11-13-30(14-12-28)38(34,35)24-8-5-15-37-24/h2-10,15-16,23,29,32H,11-14,17-18H2,1H3/t23-/m0/s1. The Morgan fingerprint density at radius 2 is 1.89 bits per heavy atom. The molecule has 0 aliphatic carbocycles. The molecule has 0 bridgehead atoms. The van der Waals surface area contributed by atoms with Crippen LogP contribution in [-0.4, -0.2) is 67.0 Å². The lowest BCUT2D eigenvalue weighted by Crippen LogP contribution is -2.55. The van der Waals surface area contributed by atoms with Crippen LogP contribution in [0.1, 0.15) is 40.5 Å². The number of aromatic nitrogens is 1. The number of aliphatic hydroxyl groups is 1. The highest BCUT2D eigenvalue weighted by atomic mass is 32.2. The first kappa shape index (κ1) is 25.1. The average Bonchev–Trinajstić information content (AvgIpc) is 3.62. The number of nitrogens with one attached hydrogen (secondary N) is 1. The fourth-order valence-corrected chi connectivity index (χ4v) is 8.65. The van der Waals surface area contributed by atoms with Gasteiger partial charge in [0.15, 0.2) is 0 Å². The molecule has 1 spiro atoms. The van der Waals surface area contributed by atoms with Crippen LogP contribution in [0.2, 0.25) is 0 Å². The minimum absolute atomic E-state index is 0.153. The first-order valence-corrected chi connectivity index (χ1v) is 14.9. The van der Waals surface area contributed by atoms with Gasteiger partial charge < -0.3 is 19.7 Å². The fraction of sp³-hybridized carbons (Fsp3) is 0.321. The molecule has 6 rings (SSSR count). The Kier molecular flexibility index (Phi) is 6.30. The zero-order chi connectivity index (χ0) is 26.5. The maximum absolute atomic E-state index is 13.8. The van der Waals surface area contributed by atoms with Gasteiger partial charge in [0.1, 0.15) is 9.96 Å². The van der Waals surface area contributed by atoms with E-state index in [-0.39, 0.29) is 12.5 Å². The maximum Gasteiger partial charge on any atom is 0.254 e. The van der Waals surface area contributed by atoms with Gasteiger partial charge in [-0.1, -0.05) is 24.3 Å². The zero-order valence-corrected chi connectivity index (χ0v) is 22.6. The van der Waals surface area contributed by atoms with Crippen molar-refractivity contribution in [2.45, 2.75) is 28.5 Å². The molecule has 10 heteroatoms. The van der Waals surface area contributed by atoms with Gasteiger partial charge in [-0.15, -0.1) is 11.3 Å². The molecule has 2 aliphatic heterocycles. The molecule has 2 aliphatic rings. The number of benzene rings is 2. The number of fused-ring (bicyclic) bond motifs is 4. The average molecular weight is 552 g/mol. The van der Waals surface area contributed by atoms with Crippen LogP contribution in [0, 0.1) is 0 Å². The molecule has 198 valence electrons. The van der Waals surface area contributed by atoms with Gasteiger partial charge in [0.25, 0.3) is 15.9 Å². The molecular formula is C28H29N3O5S2. The number of ether oxygens (including phenoxy) is 1. The Labute approximate surface area is 225 Å². The molecule has 4 aromatic rings. The second-order valence-electron chi connectivity index (χ2n) is 9.94. The topological polar surface area (TPSA) is 103 Å². The van der Waals surface area contributed by atoms with Crippen LogP contribution in [0.5, 0.6) is 5.75 Å². The van der Waals surface area contributed by atoms with Gasteiger partial charge in [0, 0.05) is 53.3 Å². The van der Waals surface area contributed by atoms with Crippen LogP contribution in [0.25, 0.3) is 10.9 Å². The van der Waals surface area contributed by atoms with Gasteiger partial charge in [-0.3, -0.25) is 4.79 Å². The number of piperidine rings is 1. The predicted molar refractivity (Wildman–Crippen MR) is 146 cm³/mol. The molecule has 8 nitrogen and oxygen atoms in total. The van der Waals surface area contributed by atoms with Crippen molar-refractivity contribution in [1.29, 1.82) is 0 Å². The number of methoxy groups -OCH3 is 1. The third-order valence-corrected chi connectivity index (χ3v) is 11.2. The molecule has 0 saturated carbocycles. The van der Waals surface area contributed by atoms with E-state index in [1.807, 2.05) is 36.4 Å². The van der Waals surface area contributed by atoms with Crippen molar-refractivity contribution >= 4 is 38.2 Å². The van der Waals surface area contributed by atoms with Crippen molar-refractivity contribution in [3.8, 4) is 5.75 Å². The Balaban J connectivity index is 1.45. The van der Waals surface area contributed by atoms with Crippen LogP contribution in [0.3, 0.4) is 0 Å². The summed E-state index contributed by atoms with van der Waals surface area (Å²) in [5.41, 5.74) is 2.83. The van der Waals surface area contributed by atoms with Crippen LogP contribution < -0.4 is 4.74 Å². The highest BCUT2D eigenvalue weighted by Crippen LogP contribution is 2.50. The third-order valence-electron chi connectivity index (χ3n) is 7.97. The maximum atomic E-state index is 13.8. The lowest BCUT2D eigenvalue weighted by molar-refractivity contribution is 0.0387. The first-order valence-electron chi connectivity index (χ1n) is 12.6. The predicted octanol–water partition coefficient (Wildman–Crippen LogP) is 4.15. The monoisotopic (exact) mass is 551 g/mol. The molecule has 2 aromatic heterocycles. The Bertz CT molecular complexity index is 1570. The normalized spacial score (nSPS) is 19.5. The highest BCUT2D eigenvalue weighted by Gasteiger charge is 2.50. The minimum Gasteiger partial charge on any atom is -0.497 e. The Morgan fingerprint density at radius 1 is 1.13 bits per heavy atom. The first-order chi connectivity index (χ1) is 18.4. The number of carbonyl (C=O) groups is 1. The van der Waals surface area contributed by atoms with Crippen molar-refractivity contribution in [2.75, 3.05) is 33.4 Å². The van der Waals surface area contributed by atoms with E-state index in [1.54, 1.807) is 46.0 Å². The van der Waals surface area contributed by atoms with E-state index in [9.17, 15) is 18.3 Å². The van der Waals surface area contributed by atoms with Crippen LogP contribution in [-0.2, 0) is 15.4 Å². The van der Waals surface area contributed by atoms with E-state index in [1.165, 1.54) is 11.3 Å². The number of sulfonamides is 1. The summed E-state index contributed by atoms with van der Waals surface area (Å²) in [6.45, 7) is 0.856. The summed E-state index contributed by atoms with van der Waals surface area (Å²) in [4.78, 5) is 19.0.